The molecule has 96 valence electrons. The van der Waals surface area contributed by atoms with E-state index in [1.807, 2.05) is 0 Å². The maximum Gasteiger partial charge on any atom is 0.337 e. The molecule has 1 heterocycles. The topological polar surface area (TPSA) is 102 Å². The van der Waals surface area contributed by atoms with Crippen molar-refractivity contribution in [1.29, 1.82) is 0 Å². The van der Waals surface area contributed by atoms with Gasteiger partial charge in [-0.1, -0.05) is 0 Å². The molecule has 1 aromatic heterocycles. The van der Waals surface area contributed by atoms with Crippen LogP contribution in [0.2, 0.25) is 0 Å². The van der Waals surface area contributed by atoms with Crippen molar-refractivity contribution < 1.29 is 14.5 Å². The molecular weight excluding hydrogens is 240 g/mol. The molecule has 0 aliphatic carbocycles. The van der Waals surface area contributed by atoms with E-state index in [0.29, 0.717) is 5.56 Å². The molecule has 1 N–H and O–H groups in total. The van der Waals surface area contributed by atoms with E-state index >= 15 is 0 Å². The largest absolute Gasteiger partial charge is 0.463 e. The lowest BCUT2D eigenvalue weighted by molar-refractivity contribution is -0.386. The van der Waals surface area contributed by atoms with Gasteiger partial charge in [0.2, 0.25) is 0 Å². The maximum absolute atomic E-state index is 11.3. The number of ether oxygens (including phenoxy) is 1. The Morgan fingerprint density at radius 1 is 1.61 bits per heavy atom. The van der Waals surface area contributed by atoms with Crippen LogP contribution in [-0.4, -0.2) is 22.5 Å². The summed E-state index contributed by atoms with van der Waals surface area (Å²) in [6.45, 7) is 3.36. The summed E-state index contributed by atoms with van der Waals surface area (Å²) in [5, 5.41) is 10.7. The van der Waals surface area contributed by atoms with E-state index in [9.17, 15) is 19.7 Å². The fourth-order valence-corrected chi connectivity index (χ4v) is 1.37. The number of carbonyl (C=O) groups is 1. The van der Waals surface area contributed by atoms with Crippen molar-refractivity contribution in [2.45, 2.75) is 13.8 Å². The first-order chi connectivity index (χ1) is 8.47. The number of esters is 1. The number of nitro groups is 1. The smallest absolute Gasteiger partial charge is 0.337 e. The molecule has 0 spiro atoms. The summed E-state index contributed by atoms with van der Waals surface area (Å²) in [6, 6.07) is 0. The van der Waals surface area contributed by atoms with Crippen LogP contribution in [0, 0.1) is 17.0 Å². The number of H-pyrrole nitrogens is 1. The second kappa shape index (κ2) is 5.76. The summed E-state index contributed by atoms with van der Waals surface area (Å²) < 4.78 is 4.67. The summed E-state index contributed by atoms with van der Waals surface area (Å²) in [7, 11) is 0. The summed E-state index contributed by atoms with van der Waals surface area (Å²) in [4.78, 5) is 34.6. The van der Waals surface area contributed by atoms with Crippen LogP contribution in [0.1, 0.15) is 18.1 Å². The molecule has 0 aliphatic heterocycles. The number of aromatic nitrogens is 1. The van der Waals surface area contributed by atoms with Crippen LogP contribution in [0.4, 0.5) is 5.69 Å². The van der Waals surface area contributed by atoms with Crippen LogP contribution >= 0.6 is 0 Å². The molecule has 0 saturated carbocycles. The molecule has 0 atom stereocenters. The molecule has 0 bridgehead atoms. The zero-order valence-electron chi connectivity index (χ0n) is 9.93. The van der Waals surface area contributed by atoms with E-state index in [4.69, 9.17) is 0 Å². The van der Waals surface area contributed by atoms with E-state index in [2.05, 4.69) is 9.72 Å². The van der Waals surface area contributed by atoms with Crippen molar-refractivity contribution >= 4 is 17.7 Å². The average Bonchev–Trinajstić information content (AvgIpc) is 2.28. The highest BCUT2D eigenvalue weighted by Gasteiger charge is 2.18. The van der Waals surface area contributed by atoms with Gasteiger partial charge in [0.1, 0.15) is 0 Å². The Labute approximate surface area is 102 Å². The molecule has 0 fully saturated rings. The SMILES string of the molecule is CCOC(=O)C=Cc1c[nH]c(=O)c([N+](=O)[O-])c1C. The maximum atomic E-state index is 11.3. The summed E-state index contributed by atoms with van der Waals surface area (Å²) >= 11 is 0. The van der Waals surface area contributed by atoms with Crippen molar-refractivity contribution in [1.82, 2.24) is 4.98 Å². The van der Waals surface area contributed by atoms with Gasteiger partial charge in [0, 0.05) is 23.4 Å². The minimum absolute atomic E-state index is 0.198. The fraction of sp³-hybridized carbons (Fsp3) is 0.273. The van der Waals surface area contributed by atoms with E-state index in [1.54, 1.807) is 6.92 Å². The molecule has 0 saturated heterocycles. The van der Waals surface area contributed by atoms with Gasteiger partial charge in [-0.05, 0) is 19.9 Å². The third-order valence-electron chi connectivity index (χ3n) is 2.23. The zero-order valence-corrected chi connectivity index (χ0v) is 9.93. The highest BCUT2D eigenvalue weighted by molar-refractivity contribution is 5.87. The quantitative estimate of drug-likeness (QED) is 0.375. The second-order valence-electron chi connectivity index (χ2n) is 3.39. The molecule has 0 amide bonds. The van der Waals surface area contributed by atoms with Gasteiger partial charge in [0.05, 0.1) is 11.5 Å². The Hall–Kier alpha value is -2.44. The van der Waals surface area contributed by atoms with Crippen LogP contribution in [-0.2, 0) is 9.53 Å². The lowest BCUT2D eigenvalue weighted by Crippen LogP contribution is -2.13. The summed E-state index contributed by atoms with van der Waals surface area (Å²) in [5.74, 6) is -0.550. The van der Waals surface area contributed by atoms with Crippen LogP contribution < -0.4 is 5.56 Å². The number of nitrogens with zero attached hydrogens (tertiary/aromatic N) is 1. The van der Waals surface area contributed by atoms with Gasteiger partial charge in [-0.15, -0.1) is 0 Å². The van der Waals surface area contributed by atoms with Gasteiger partial charge < -0.3 is 9.72 Å². The molecule has 0 unspecified atom stereocenters. The van der Waals surface area contributed by atoms with E-state index in [1.165, 1.54) is 19.2 Å². The zero-order chi connectivity index (χ0) is 13.7. The van der Waals surface area contributed by atoms with Gasteiger partial charge in [0.25, 0.3) is 0 Å². The standard InChI is InChI=1S/C11H12N2O5/c1-3-18-9(14)5-4-8-6-12-11(15)10(7(8)2)13(16)17/h4-6H,3H2,1-2H3,(H,12,15). The Bertz CT molecular complexity index is 559. The summed E-state index contributed by atoms with van der Waals surface area (Å²) in [6.07, 6.45) is 3.81. The number of pyridine rings is 1. The predicted octanol–water partition coefficient (Wildman–Crippen LogP) is 1.17. The number of nitrogens with one attached hydrogen (secondary N) is 1. The predicted molar refractivity (Wildman–Crippen MR) is 64.1 cm³/mol. The number of aromatic amines is 1. The van der Waals surface area contributed by atoms with Gasteiger partial charge in [0.15, 0.2) is 0 Å². The van der Waals surface area contributed by atoms with Gasteiger partial charge in [-0.2, -0.15) is 0 Å². The number of hydrogen-bond acceptors (Lipinski definition) is 5. The molecule has 7 heteroatoms. The molecule has 1 rings (SSSR count). The lowest BCUT2D eigenvalue weighted by Gasteiger charge is -2.00. The van der Waals surface area contributed by atoms with Crippen LogP contribution in [0.25, 0.3) is 6.08 Å². The monoisotopic (exact) mass is 252 g/mol. The van der Waals surface area contributed by atoms with E-state index in [0.717, 1.165) is 6.08 Å². The van der Waals surface area contributed by atoms with Crippen LogP contribution in [0.3, 0.4) is 0 Å². The van der Waals surface area contributed by atoms with Crippen LogP contribution in [0.5, 0.6) is 0 Å². The first-order valence-corrected chi connectivity index (χ1v) is 5.18. The van der Waals surface area contributed by atoms with Gasteiger partial charge in [-0.3, -0.25) is 14.9 Å². The number of rotatable bonds is 4. The van der Waals surface area contributed by atoms with Crippen molar-refractivity contribution in [2.24, 2.45) is 0 Å². The van der Waals surface area contributed by atoms with Crippen LogP contribution in [0.15, 0.2) is 17.1 Å². The first-order valence-electron chi connectivity index (χ1n) is 5.18. The van der Waals surface area contributed by atoms with Crippen molar-refractivity contribution in [3.63, 3.8) is 0 Å². The third kappa shape index (κ3) is 3.03. The Morgan fingerprint density at radius 3 is 2.83 bits per heavy atom. The Balaban J connectivity index is 3.13. The van der Waals surface area contributed by atoms with Crippen molar-refractivity contribution in [2.75, 3.05) is 6.61 Å². The third-order valence-corrected chi connectivity index (χ3v) is 2.23. The number of hydrogen-bond donors (Lipinski definition) is 1. The first kappa shape index (κ1) is 13.6. The molecule has 0 aromatic carbocycles. The normalized spacial score (nSPS) is 10.6. The second-order valence-corrected chi connectivity index (χ2v) is 3.39. The molecule has 18 heavy (non-hydrogen) atoms. The van der Waals surface area contributed by atoms with E-state index < -0.39 is 22.1 Å². The Morgan fingerprint density at radius 2 is 2.28 bits per heavy atom. The minimum Gasteiger partial charge on any atom is -0.463 e. The highest BCUT2D eigenvalue weighted by atomic mass is 16.6. The molecule has 0 radical (unpaired) electrons. The minimum atomic E-state index is -0.772. The molecule has 0 aliphatic rings. The Kier molecular flexibility index (Phi) is 4.36. The van der Waals surface area contributed by atoms with Gasteiger partial charge >= 0.3 is 17.2 Å². The van der Waals surface area contributed by atoms with Crippen molar-refractivity contribution in [3.8, 4) is 0 Å². The average molecular weight is 252 g/mol. The fourth-order valence-electron chi connectivity index (χ4n) is 1.37. The van der Waals surface area contributed by atoms with E-state index in [-0.39, 0.29) is 12.2 Å². The molecular formula is C11H12N2O5. The molecule has 1 aromatic rings. The van der Waals surface area contributed by atoms with Gasteiger partial charge in [-0.25, -0.2) is 4.79 Å². The van der Waals surface area contributed by atoms with Crippen molar-refractivity contribution in [3.05, 3.63) is 43.9 Å². The lowest BCUT2D eigenvalue weighted by atomic mass is 10.1. The highest BCUT2D eigenvalue weighted by Crippen LogP contribution is 2.16. The number of carbonyl (C=O) groups excluding carboxylic acids is 1. The summed E-state index contributed by atoms with van der Waals surface area (Å²) in [5.41, 5.74) is -0.717. The molecule has 7 nitrogen and oxygen atoms in total.